The first-order chi connectivity index (χ1) is 51.0. The standard InChI is InChI=1S/C35H22N4.C32H20N4.C24H14N2S2/c1-2-8-29(9-3-1)39-34-11-5-4-10-31(34)38-35(39)24-14-12-23(13-15-24)30-17-16-26-20-27-21-32-25(7-6-18-36-32)19-28(27)22-33(26)37-30;1-4-21(19-33-13-1)23-16-24(22-5-2-14-34-20-22)18-25(17-23)30-10-9-29-27-7-11-31-28(6-3-15-35-31)26(27)8-12-32(29)36-30;1-3-17-15-6-9-20-18(16(15)5-8-19(17)25-13-1)7-10-21(26-20)22-11-12-24(28-22)23-4-2-14-27-23/h1-22H;1-20H;1-14H. The minimum absolute atomic E-state index is 0.925. The van der Waals surface area contributed by atoms with Crippen molar-refractivity contribution in [2.24, 2.45) is 0 Å². The van der Waals surface area contributed by atoms with Crippen molar-refractivity contribution in [3.05, 3.63) is 340 Å². The number of nitrogens with zero attached hydrogens (tertiary/aromatic N) is 10. The highest BCUT2D eigenvalue weighted by Gasteiger charge is 2.17. The summed E-state index contributed by atoms with van der Waals surface area (Å²) in [5.41, 5.74) is 19.6. The molecule has 0 unspecified atom stereocenters. The van der Waals surface area contributed by atoms with Crippen molar-refractivity contribution in [3.63, 3.8) is 0 Å². The molecule has 0 bridgehead atoms. The quantitative estimate of drug-likeness (QED) is 0.108. The number of aromatic nitrogens is 10. The number of hydrogen-bond acceptors (Lipinski definition) is 11. The van der Waals surface area contributed by atoms with E-state index in [4.69, 9.17) is 19.9 Å². The van der Waals surface area contributed by atoms with E-state index in [2.05, 4.69) is 284 Å². The van der Waals surface area contributed by atoms with Crippen LogP contribution in [0.1, 0.15) is 0 Å². The van der Waals surface area contributed by atoms with Gasteiger partial charge in [0, 0.05) is 119 Å². The summed E-state index contributed by atoms with van der Waals surface area (Å²) in [5, 5.41) is 16.2. The molecule has 21 rings (SSSR count). The van der Waals surface area contributed by atoms with Crippen molar-refractivity contribution < 1.29 is 0 Å². The third-order valence-corrected chi connectivity index (χ3v) is 21.3. The Morgan fingerprint density at radius 1 is 0.252 bits per heavy atom. The number of thiophene rings is 2. The predicted octanol–water partition coefficient (Wildman–Crippen LogP) is 23.7. The van der Waals surface area contributed by atoms with Gasteiger partial charge in [0.05, 0.1) is 66.1 Å². The van der Waals surface area contributed by atoms with Gasteiger partial charge in [0.2, 0.25) is 0 Å². The van der Waals surface area contributed by atoms with Crippen LogP contribution in [0.25, 0.3) is 191 Å². The van der Waals surface area contributed by atoms with Gasteiger partial charge in [-0.15, -0.1) is 22.7 Å². The second-order valence-electron chi connectivity index (χ2n) is 25.4. The van der Waals surface area contributed by atoms with Gasteiger partial charge in [-0.1, -0.05) is 127 Å². The maximum atomic E-state index is 5.10. The molecule has 0 saturated carbocycles. The summed E-state index contributed by atoms with van der Waals surface area (Å²) in [4.78, 5) is 46.1. The molecule has 21 aromatic rings. The molecule has 11 aromatic heterocycles. The highest BCUT2D eigenvalue weighted by atomic mass is 32.1. The lowest BCUT2D eigenvalue weighted by atomic mass is 9.95. The van der Waals surface area contributed by atoms with Gasteiger partial charge in [0.1, 0.15) is 5.82 Å². The monoisotopic (exact) mass is 1350 g/mol. The molecule has 0 aliphatic carbocycles. The zero-order valence-corrected chi connectivity index (χ0v) is 56.8. The Labute approximate surface area is 599 Å². The van der Waals surface area contributed by atoms with Gasteiger partial charge in [0.15, 0.2) is 0 Å². The third kappa shape index (κ3) is 11.6. The lowest BCUT2D eigenvalue weighted by Crippen LogP contribution is -1.97. The van der Waals surface area contributed by atoms with Gasteiger partial charge in [-0.05, 0) is 213 Å². The van der Waals surface area contributed by atoms with Crippen LogP contribution in [0.3, 0.4) is 0 Å². The van der Waals surface area contributed by atoms with Crippen LogP contribution in [-0.4, -0.2) is 49.4 Å². The number of benzene rings is 10. The molecule has 0 atom stereocenters. The first kappa shape index (κ1) is 60.8. The first-order valence-corrected chi connectivity index (χ1v) is 35.7. The molecular formula is C91H56N10S2. The van der Waals surface area contributed by atoms with Crippen molar-refractivity contribution in [1.29, 1.82) is 0 Å². The van der Waals surface area contributed by atoms with E-state index in [1.807, 2.05) is 73.4 Å². The van der Waals surface area contributed by atoms with Crippen LogP contribution in [0.5, 0.6) is 0 Å². The van der Waals surface area contributed by atoms with Gasteiger partial charge in [-0.2, -0.15) is 0 Å². The summed E-state index contributed by atoms with van der Waals surface area (Å²) in [6.45, 7) is 0. The molecule has 10 nitrogen and oxygen atoms in total. The Kier molecular flexibility index (Phi) is 15.4. The fourth-order valence-corrected chi connectivity index (χ4v) is 15.9. The highest BCUT2D eigenvalue weighted by Crippen LogP contribution is 2.40. The highest BCUT2D eigenvalue weighted by molar-refractivity contribution is 7.23. The van der Waals surface area contributed by atoms with Crippen LogP contribution >= 0.6 is 22.7 Å². The molecule has 0 spiro atoms. The predicted molar refractivity (Wildman–Crippen MR) is 428 cm³/mol. The Morgan fingerprint density at radius 3 is 1.42 bits per heavy atom. The van der Waals surface area contributed by atoms with Crippen molar-refractivity contribution >= 4 is 131 Å². The number of pyridine rings is 8. The number of imidazole rings is 1. The molecule has 0 aliphatic rings. The molecule has 0 aliphatic heterocycles. The van der Waals surface area contributed by atoms with E-state index in [1.54, 1.807) is 35.1 Å². The van der Waals surface area contributed by atoms with Gasteiger partial charge in [0.25, 0.3) is 0 Å². The number of hydrogen-bond donors (Lipinski definition) is 0. The largest absolute Gasteiger partial charge is 0.292 e. The smallest absolute Gasteiger partial charge is 0.145 e. The molecule has 0 saturated heterocycles. The van der Waals surface area contributed by atoms with Crippen LogP contribution in [0, 0.1) is 0 Å². The number of fused-ring (bicyclic) bond motifs is 14. The van der Waals surface area contributed by atoms with Crippen molar-refractivity contribution in [2.75, 3.05) is 0 Å². The number of rotatable bonds is 8. The van der Waals surface area contributed by atoms with Crippen LogP contribution in [0.15, 0.2) is 340 Å². The molecule has 0 radical (unpaired) electrons. The van der Waals surface area contributed by atoms with E-state index < -0.39 is 0 Å². The summed E-state index contributed by atoms with van der Waals surface area (Å²) in [5.74, 6) is 0.925. The SMILES string of the molecule is c1ccc(-n2c(-c3ccc(-c4ccc5cc6cc7ncccc7cc6cc5n4)cc3)nc3ccccc32)cc1.c1cncc(-c2cc(-c3cccnc3)cc(-c3ccc4c(ccc5c6cccnc6ccc45)n3)c2)c1.c1csc(-c2ccc(-c3ccc4c(ccc5c6cccnc6ccc45)n3)s2)c1. The van der Waals surface area contributed by atoms with Crippen molar-refractivity contribution in [1.82, 2.24) is 49.4 Å². The van der Waals surface area contributed by atoms with E-state index in [1.165, 1.54) is 57.7 Å². The molecule has 0 N–H and O–H groups in total. The minimum atomic E-state index is 0.925. The van der Waals surface area contributed by atoms with Gasteiger partial charge in [-0.3, -0.25) is 29.5 Å². The Morgan fingerprint density at radius 2 is 0.767 bits per heavy atom. The van der Waals surface area contributed by atoms with Crippen molar-refractivity contribution in [3.8, 4) is 82.2 Å². The van der Waals surface area contributed by atoms with Crippen molar-refractivity contribution in [2.45, 2.75) is 0 Å². The minimum Gasteiger partial charge on any atom is -0.292 e. The van der Waals surface area contributed by atoms with E-state index in [-0.39, 0.29) is 0 Å². The Hall–Kier alpha value is -13.4. The zero-order chi connectivity index (χ0) is 68.2. The summed E-state index contributed by atoms with van der Waals surface area (Å²) in [6.07, 6.45) is 12.9. The lowest BCUT2D eigenvalue weighted by Gasteiger charge is -2.12. The summed E-state index contributed by atoms with van der Waals surface area (Å²) in [7, 11) is 0. The third-order valence-electron chi connectivity index (χ3n) is 19.1. The Balaban J connectivity index is 0.000000108. The summed E-state index contributed by atoms with van der Waals surface area (Å²) >= 11 is 3.57. The second kappa shape index (κ2) is 26.0. The fourth-order valence-electron chi connectivity index (χ4n) is 14.1. The van der Waals surface area contributed by atoms with Crippen LogP contribution < -0.4 is 0 Å². The molecule has 482 valence electrons. The summed E-state index contributed by atoms with van der Waals surface area (Å²) < 4.78 is 2.23. The molecule has 12 heteroatoms. The molecule has 0 fully saturated rings. The normalized spacial score (nSPS) is 11.5. The summed E-state index contributed by atoms with van der Waals surface area (Å²) in [6, 6.07) is 102. The molecule has 10 aromatic carbocycles. The van der Waals surface area contributed by atoms with Gasteiger partial charge >= 0.3 is 0 Å². The van der Waals surface area contributed by atoms with Crippen LogP contribution in [-0.2, 0) is 0 Å². The maximum absolute atomic E-state index is 5.10. The zero-order valence-electron chi connectivity index (χ0n) is 55.1. The van der Waals surface area contributed by atoms with E-state index in [0.717, 1.165) is 133 Å². The van der Waals surface area contributed by atoms with Crippen LogP contribution in [0.2, 0.25) is 0 Å². The molecule has 11 heterocycles. The van der Waals surface area contributed by atoms with E-state index >= 15 is 0 Å². The maximum Gasteiger partial charge on any atom is 0.145 e. The van der Waals surface area contributed by atoms with Gasteiger partial charge in [-0.25, -0.2) is 19.9 Å². The second-order valence-corrected chi connectivity index (χ2v) is 27.4. The average Bonchev–Trinajstić information content (AvgIpc) is 1.16. The molecule has 0 amide bonds. The van der Waals surface area contributed by atoms with E-state index in [9.17, 15) is 0 Å². The van der Waals surface area contributed by atoms with Gasteiger partial charge < -0.3 is 0 Å². The topological polar surface area (TPSA) is 121 Å². The van der Waals surface area contributed by atoms with E-state index in [0.29, 0.717) is 0 Å². The van der Waals surface area contributed by atoms with Crippen LogP contribution in [0.4, 0.5) is 0 Å². The average molecular weight is 1350 g/mol. The fraction of sp³-hybridized carbons (Fsp3) is 0. The lowest BCUT2D eigenvalue weighted by molar-refractivity contribution is 1.10. The molecule has 103 heavy (non-hydrogen) atoms. The Bertz CT molecular complexity index is 6750. The first-order valence-electron chi connectivity index (χ1n) is 34.0. The molecular weight excluding hydrogens is 1300 g/mol. The number of para-hydroxylation sites is 3.